The van der Waals surface area contributed by atoms with Gasteiger partial charge in [-0.15, -0.1) is 0 Å². The maximum absolute atomic E-state index is 14.5. The van der Waals surface area contributed by atoms with Crippen molar-refractivity contribution in [3.8, 4) is 5.69 Å². The molecule has 0 saturated heterocycles. The quantitative estimate of drug-likeness (QED) is 0.674. The molecular formula is C19H18FN7O2. The van der Waals surface area contributed by atoms with E-state index in [-0.39, 0.29) is 6.67 Å². The third kappa shape index (κ3) is 2.17. The van der Waals surface area contributed by atoms with E-state index in [9.17, 15) is 4.39 Å². The van der Waals surface area contributed by atoms with E-state index in [1.54, 1.807) is 17.1 Å². The molecule has 0 bridgehead atoms. The number of hydrogen-bond donors (Lipinski definition) is 0. The van der Waals surface area contributed by atoms with Gasteiger partial charge in [0.25, 0.3) is 17.9 Å². The minimum absolute atomic E-state index is 0.287. The topological polar surface area (TPSA) is 84.8 Å². The van der Waals surface area contributed by atoms with Crippen LogP contribution in [0.5, 0.6) is 0 Å². The zero-order chi connectivity index (χ0) is 19.6. The fourth-order valence-electron chi connectivity index (χ4n) is 4.47. The number of hydrazine groups is 1. The summed E-state index contributed by atoms with van der Waals surface area (Å²) in [6.45, 7) is 0.287. The molecule has 3 aromatic rings. The SMILES string of the molecule is COC1(c2nc(N3CN=C4c5ccccc5-n5c(cnc5F)N43)no2)CCCC1. The summed E-state index contributed by atoms with van der Waals surface area (Å²) in [7, 11) is 1.68. The van der Waals surface area contributed by atoms with Crippen molar-refractivity contribution in [3.05, 3.63) is 48.0 Å². The fourth-order valence-corrected chi connectivity index (χ4v) is 4.47. The zero-order valence-electron chi connectivity index (χ0n) is 15.7. The maximum Gasteiger partial charge on any atom is 0.295 e. The van der Waals surface area contributed by atoms with E-state index >= 15 is 0 Å². The molecule has 6 rings (SSSR count). The average molecular weight is 395 g/mol. The van der Waals surface area contributed by atoms with Gasteiger partial charge in [-0.1, -0.05) is 12.1 Å². The predicted molar refractivity (Wildman–Crippen MR) is 101 cm³/mol. The lowest BCUT2D eigenvalue weighted by atomic mass is 10.0. The van der Waals surface area contributed by atoms with E-state index in [4.69, 9.17) is 9.26 Å². The lowest BCUT2D eigenvalue weighted by Gasteiger charge is -2.33. The highest BCUT2D eigenvalue weighted by molar-refractivity contribution is 6.16. The van der Waals surface area contributed by atoms with Crippen LogP contribution in [-0.4, -0.2) is 39.3 Å². The number of benzene rings is 1. The minimum atomic E-state index is -0.587. The molecule has 0 N–H and O–H groups in total. The predicted octanol–water partition coefficient (Wildman–Crippen LogP) is 2.77. The van der Waals surface area contributed by atoms with Gasteiger partial charge in [0.15, 0.2) is 11.7 Å². The van der Waals surface area contributed by atoms with Gasteiger partial charge >= 0.3 is 0 Å². The van der Waals surface area contributed by atoms with Gasteiger partial charge in [0, 0.05) is 12.7 Å². The number of hydrogen-bond acceptors (Lipinski definition) is 8. The van der Waals surface area contributed by atoms with Crippen LogP contribution in [0.2, 0.25) is 0 Å². The molecule has 1 aromatic carbocycles. The molecule has 1 fully saturated rings. The molecular weight excluding hydrogens is 377 g/mol. The van der Waals surface area contributed by atoms with Crippen LogP contribution in [0, 0.1) is 6.08 Å². The molecule has 1 aliphatic carbocycles. The number of nitrogens with zero attached hydrogens (tertiary/aromatic N) is 7. The van der Waals surface area contributed by atoms with Gasteiger partial charge in [0.05, 0.1) is 11.9 Å². The Morgan fingerprint density at radius 1 is 1.21 bits per heavy atom. The van der Waals surface area contributed by atoms with Crippen LogP contribution in [-0.2, 0) is 10.3 Å². The van der Waals surface area contributed by atoms with Crippen LogP contribution in [0.15, 0.2) is 40.0 Å². The smallest absolute Gasteiger partial charge is 0.295 e. The molecule has 0 unspecified atom stereocenters. The largest absolute Gasteiger partial charge is 0.368 e. The Kier molecular flexibility index (Phi) is 3.37. The standard InChI is InChI=1S/C19H18FN7O2/c1-28-19(8-4-5-9-19)16-23-18(24-29-16)25-11-22-15-12-6-2-3-7-13(12)26-14(27(15)25)10-21-17(26)20/h2-3,6-7,10H,4-5,8-9,11H2,1H3. The summed E-state index contributed by atoms with van der Waals surface area (Å²) in [6.07, 6.45) is 4.71. The molecule has 0 amide bonds. The Labute approximate surface area is 165 Å². The van der Waals surface area contributed by atoms with E-state index in [0.29, 0.717) is 29.2 Å². The summed E-state index contributed by atoms with van der Waals surface area (Å²) >= 11 is 0. The molecule has 29 heavy (non-hydrogen) atoms. The average Bonchev–Trinajstić information content (AvgIpc) is 3.52. The van der Waals surface area contributed by atoms with Gasteiger partial charge in [-0.3, -0.25) is 4.57 Å². The Hall–Kier alpha value is -3.27. The van der Waals surface area contributed by atoms with Crippen LogP contribution in [0.25, 0.3) is 5.69 Å². The number of aliphatic imine (C=N–C) groups is 1. The van der Waals surface area contributed by atoms with Gasteiger partial charge in [0.2, 0.25) is 0 Å². The molecule has 4 heterocycles. The van der Waals surface area contributed by atoms with Gasteiger partial charge in [0.1, 0.15) is 12.3 Å². The van der Waals surface area contributed by atoms with Crippen molar-refractivity contribution >= 4 is 17.6 Å². The normalized spacial score (nSPS) is 19.2. The molecule has 0 spiro atoms. The second-order valence-corrected chi connectivity index (χ2v) is 7.38. The van der Waals surface area contributed by atoms with Crippen LogP contribution in [0.3, 0.4) is 0 Å². The van der Waals surface area contributed by atoms with E-state index < -0.39 is 11.7 Å². The number of para-hydroxylation sites is 1. The van der Waals surface area contributed by atoms with Crippen molar-refractivity contribution in [2.45, 2.75) is 31.3 Å². The molecule has 9 nitrogen and oxygen atoms in total. The van der Waals surface area contributed by atoms with Gasteiger partial charge in [-0.2, -0.15) is 9.37 Å². The summed E-state index contributed by atoms with van der Waals surface area (Å²) in [4.78, 5) is 13.2. The molecule has 2 aromatic heterocycles. The van der Waals surface area contributed by atoms with E-state index in [2.05, 4.69) is 20.1 Å². The van der Waals surface area contributed by atoms with E-state index in [0.717, 1.165) is 31.2 Å². The summed E-state index contributed by atoms with van der Waals surface area (Å²) in [5.74, 6) is 2.06. The molecule has 1 saturated carbocycles. The van der Waals surface area contributed by atoms with E-state index in [1.807, 2.05) is 24.3 Å². The molecule has 10 heteroatoms. The van der Waals surface area contributed by atoms with Crippen molar-refractivity contribution in [1.82, 2.24) is 19.7 Å². The van der Waals surface area contributed by atoms with E-state index in [1.165, 1.54) is 10.8 Å². The first-order chi connectivity index (χ1) is 14.2. The van der Waals surface area contributed by atoms with Crippen LogP contribution in [0.4, 0.5) is 16.2 Å². The Morgan fingerprint density at radius 2 is 2.03 bits per heavy atom. The Bertz CT molecular complexity index is 1130. The Morgan fingerprint density at radius 3 is 2.86 bits per heavy atom. The second kappa shape index (κ2) is 5.86. The first kappa shape index (κ1) is 16.7. The number of anilines is 2. The zero-order valence-corrected chi connectivity index (χ0v) is 15.7. The maximum atomic E-state index is 14.5. The van der Waals surface area contributed by atoms with Crippen LogP contribution >= 0.6 is 0 Å². The minimum Gasteiger partial charge on any atom is -0.368 e. The summed E-state index contributed by atoms with van der Waals surface area (Å²) < 4.78 is 27.3. The van der Waals surface area contributed by atoms with Crippen molar-refractivity contribution < 1.29 is 13.7 Å². The van der Waals surface area contributed by atoms with Gasteiger partial charge in [-0.25, -0.2) is 20.0 Å². The number of imidazole rings is 1. The number of fused-ring (bicyclic) bond motifs is 6. The third-order valence-electron chi connectivity index (χ3n) is 5.94. The molecule has 0 atom stereocenters. The molecule has 2 aliphatic heterocycles. The Balaban J connectivity index is 1.43. The summed E-state index contributed by atoms with van der Waals surface area (Å²) in [5, 5.41) is 7.72. The number of ether oxygens (including phenoxy) is 1. The lowest BCUT2D eigenvalue weighted by Crippen LogP contribution is -2.46. The molecule has 3 aliphatic rings. The number of aromatic nitrogens is 4. The molecule has 0 radical (unpaired) electrons. The monoisotopic (exact) mass is 395 g/mol. The number of rotatable bonds is 3. The highest BCUT2D eigenvalue weighted by Crippen LogP contribution is 2.42. The van der Waals surface area contributed by atoms with Crippen molar-refractivity contribution in [2.24, 2.45) is 4.99 Å². The number of methoxy groups -OCH3 is 1. The third-order valence-corrected chi connectivity index (χ3v) is 5.94. The first-order valence-corrected chi connectivity index (χ1v) is 9.56. The highest BCUT2D eigenvalue weighted by Gasteiger charge is 2.43. The fraction of sp³-hybridized carbons (Fsp3) is 0.368. The van der Waals surface area contributed by atoms with Crippen LogP contribution in [0.1, 0.15) is 37.1 Å². The number of halogens is 1. The molecule has 148 valence electrons. The first-order valence-electron chi connectivity index (χ1n) is 9.56. The van der Waals surface area contributed by atoms with Crippen molar-refractivity contribution in [3.63, 3.8) is 0 Å². The second-order valence-electron chi connectivity index (χ2n) is 7.38. The van der Waals surface area contributed by atoms with Gasteiger partial charge < -0.3 is 9.26 Å². The van der Waals surface area contributed by atoms with Gasteiger partial charge in [-0.05, 0) is 43.0 Å². The van der Waals surface area contributed by atoms with Crippen molar-refractivity contribution in [1.29, 1.82) is 0 Å². The lowest BCUT2D eigenvalue weighted by molar-refractivity contribution is -0.0342. The highest BCUT2D eigenvalue weighted by atomic mass is 19.1. The summed E-state index contributed by atoms with van der Waals surface area (Å²) in [6, 6.07) is 7.52. The number of amidine groups is 1. The van der Waals surface area contributed by atoms with Crippen LogP contribution < -0.4 is 10.0 Å². The van der Waals surface area contributed by atoms with Crippen molar-refractivity contribution in [2.75, 3.05) is 23.8 Å². The summed E-state index contributed by atoms with van der Waals surface area (Å²) in [5.41, 5.74) is 0.983.